The van der Waals surface area contributed by atoms with Crippen molar-refractivity contribution in [1.82, 2.24) is 9.99 Å². The first-order valence-corrected chi connectivity index (χ1v) is 6.27. The number of nitrogens with zero attached hydrogens (tertiary/aromatic N) is 2. The number of nitrogens with two attached hydrogens (primary N) is 1. The van der Waals surface area contributed by atoms with Crippen molar-refractivity contribution in [3.05, 3.63) is 23.4 Å². The first-order valence-electron chi connectivity index (χ1n) is 6.27. The fraction of sp³-hybridized carbons (Fsp3) is 0.500. The Morgan fingerprint density at radius 3 is 2.45 bits per heavy atom. The summed E-state index contributed by atoms with van der Waals surface area (Å²) in [4.78, 5) is 14.7. The first-order chi connectivity index (χ1) is 9.38. The zero-order valence-electron chi connectivity index (χ0n) is 10.7. The Bertz CT molecular complexity index is 498. The Labute approximate surface area is 113 Å². The molecule has 2 heterocycles. The highest BCUT2D eigenvalue weighted by Crippen LogP contribution is 2.29. The lowest BCUT2D eigenvalue weighted by molar-refractivity contribution is -0.141. The number of rotatable bonds is 3. The molecule has 1 saturated heterocycles. The summed E-state index contributed by atoms with van der Waals surface area (Å²) in [6, 6.07) is 1.80. The summed E-state index contributed by atoms with van der Waals surface area (Å²) >= 11 is 0. The number of carbonyl (C=O) groups excluding carboxylic acids is 1. The highest BCUT2D eigenvalue weighted by atomic mass is 19.4. The maximum Gasteiger partial charge on any atom is 0.433 e. The number of nitrogens with one attached hydrogen (secondary N) is 1. The Morgan fingerprint density at radius 1 is 1.25 bits per heavy atom. The molecule has 1 amide bonds. The minimum atomic E-state index is -4.56. The van der Waals surface area contributed by atoms with E-state index in [1.54, 1.807) is 5.01 Å². The summed E-state index contributed by atoms with van der Waals surface area (Å²) < 4.78 is 38.0. The lowest BCUT2D eigenvalue weighted by Gasteiger charge is -2.28. The molecular formula is C12H15F3N4O. The van der Waals surface area contributed by atoms with Crippen molar-refractivity contribution in [3.8, 4) is 0 Å². The van der Waals surface area contributed by atoms with Crippen molar-refractivity contribution >= 4 is 11.7 Å². The van der Waals surface area contributed by atoms with Gasteiger partial charge >= 0.3 is 6.18 Å². The third-order valence-corrected chi connectivity index (χ3v) is 3.07. The third-order valence-electron chi connectivity index (χ3n) is 3.07. The van der Waals surface area contributed by atoms with Crippen molar-refractivity contribution in [1.29, 1.82) is 0 Å². The second-order valence-corrected chi connectivity index (χ2v) is 4.61. The average Bonchev–Trinajstić information content (AvgIpc) is 2.38. The van der Waals surface area contributed by atoms with Gasteiger partial charge in [-0.05, 0) is 25.0 Å². The fourth-order valence-corrected chi connectivity index (χ4v) is 2.06. The molecule has 1 aromatic rings. The quantitative estimate of drug-likeness (QED) is 0.892. The SMILES string of the molecule is NC(=O)c1ccc(C(F)(F)F)nc1NN1CCCCC1. The number of alkyl halides is 3. The fourth-order valence-electron chi connectivity index (χ4n) is 2.06. The van der Waals surface area contributed by atoms with Gasteiger partial charge in [0.05, 0.1) is 5.56 Å². The maximum absolute atomic E-state index is 12.7. The standard InChI is InChI=1S/C12H15F3N4O/c13-12(14,15)9-5-4-8(10(16)20)11(17-9)18-19-6-2-1-3-7-19/h4-5H,1-3,6-7H2,(H2,16,20)(H,17,18). The van der Waals surface area contributed by atoms with Crippen LogP contribution in [0, 0.1) is 0 Å². The number of amides is 1. The zero-order valence-corrected chi connectivity index (χ0v) is 10.7. The van der Waals surface area contributed by atoms with Gasteiger partial charge in [0.2, 0.25) is 0 Å². The van der Waals surface area contributed by atoms with Crippen LogP contribution < -0.4 is 11.2 Å². The number of aromatic nitrogens is 1. The zero-order chi connectivity index (χ0) is 14.8. The molecule has 5 nitrogen and oxygen atoms in total. The largest absolute Gasteiger partial charge is 0.433 e. The van der Waals surface area contributed by atoms with Gasteiger partial charge in [-0.1, -0.05) is 6.42 Å². The molecule has 0 spiro atoms. The molecule has 1 aliphatic heterocycles. The minimum absolute atomic E-state index is 0.0522. The van der Waals surface area contributed by atoms with Crippen molar-refractivity contribution in [2.45, 2.75) is 25.4 Å². The lowest BCUT2D eigenvalue weighted by atomic mass is 10.1. The minimum Gasteiger partial charge on any atom is -0.365 e. The van der Waals surface area contributed by atoms with E-state index in [-0.39, 0.29) is 11.4 Å². The van der Waals surface area contributed by atoms with Crippen LogP contribution in [0.4, 0.5) is 19.0 Å². The van der Waals surface area contributed by atoms with Crippen LogP contribution in [0.2, 0.25) is 0 Å². The van der Waals surface area contributed by atoms with Gasteiger partial charge in [-0.15, -0.1) is 0 Å². The Hall–Kier alpha value is -1.83. The third kappa shape index (κ3) is 3.38. The highest BCUT2D eigenvalue weighted by Gasteiger charge is 2.33. The van der Waals surface area contributed by atoms with Gasteiger partial charge in [0.1, 0.15) is 5.69 Å². The van der Waals surface area contributed by atoms with E-state index in [2.05, 4.69) is 10.4 Å². The second-order valence-electron chi connectivity index (χ2n) is 4.61. The molecule has 0 aliphatic carbocycles. The normalized spacial score (nSPS) is 16.9. The van der Waals surface area contributed by atoms with Crippen LogP contribution in [0.3, 0.4) is 0 Å². The molecule has 3 N–H and O–H groups in total. The Kier molecular flexibility index (Phi) is 4.12. The molecule has 0 radical (unpaired) electrons. The Morgan fingerprint density at radius 2 is 1.90 bits per heavy atom. The van der Waals surface area contributed by atoms with Crippen LogP contribution in [-0.4, -0.2) is 29.0 Å². The summed E-state index contributed by atoms with van der Waals surface area (Å²) in [7, 11) is 0. The van der Waals surface area contributed by atoms with E-state index in [0.717, 1.165) is 31.4 Å². The van der Waals surface area contributed by atoms with Gasteiger partial charge in [-0.3, -0.25) is 4.79 Å². The van der Waals surface area contributed by atoms with E-state index in [4.69, 9.17) is 5.73 Å². The molecule has 1 aromatic heterocycles. The molecule has 0 atom stereocenters. The van der Waals surface area contributed by atoms with Crippen molar-refractivity contribution in [3.63, 3.8) is 0 Å². The van der Waals surface area contributed by atoms with Crippen molar-refractivity contribution < 1.29 is 18.0 Å². The number of hydrogen-bond donors (Lipinski definition) is 2. The summed E-state index contributed by atoms with van der Waals surface area (Å²) in [5, 5.41) is 1.75. The number of hydrogen-bond acceptors (Lipinski definition) is 4. The number of primary amides is 1. The number of carbonyl (C=O) groups is 1. The molecule has 110 valence electrons. The maximum atomic E-state index is 12.7. The monoisotopic (exact) mass is 288 g/mol. The van der Waals surface area contributed by atoms with E-state index < -0.39 is 17.8 Å². The topological polar surface area (TPSA) is 71.2 Å². The van der Waals surface area contributed by atoms with Crippen LogP contribution in [0.5, 0.6) is 0 Å². The van der Waals surface area contributed by atoms with E-state index in [0.29, 0.717) is 13.1 Å². The molecule has 8 heteroatoms. The molecular weight excluding hydrogens is 273 g/mol. The predicted octanol–water partition coefficient (Wildman–Crippen LogP) is 2.01. The molecule has 0 aromatic carbocycles. The van der Waals surface area contributed by atoms with Gasteiger partial charge in [-0.2, -0.15) is 13.2 Å². The summed E-state index contributed by atoms with van der Waals surface area (Å²) in [5.74, 6) is -0.958. The molecule has 0 unspecified atom stereocenters. The first kappa shape index (κ1) is 14.6. The van der Waals surface area contributed by atoms with E-state index in [1.165, 1.54) is 0 Å². The molecule has 20 heavy (non-hydrogen) atoms. The molecule has 2 rings (SSSR count). The number of anilines is 1. The van der Waals surface area contributed by atoms with Crippen LogP contribution >= 0.6 is 0 Å². The average molecular weight is 288 g/mol. The van der Waals surface area contributed by atoms with Gasteiger partial charge in [0.25, 0.3) is 5.91 Å². The summed E-state index contributed by atoms with van der Waals surface area (Å²) in [5.41, 5.74) is 6.82. The Balaban J connectivity index is 2.29. The number of halogens is 3. The summed E-state index contributed by atoms with van der Waals surface area (Å²) in [6.07, 6.45) is -1.60. The van der Waals surface area contributed by atoms with Crippen LogP contribution in [0.25, 0.3) is 0 Å². The van der Waals surface area contributed by atoms with E-state index in [9.17, 15) is 18.0 Å². The second kappa shape index (κ2) is 5.66. The van der Waals surface area contributed by atoms with Crippen LogP contribution in [-0.2, 0) is 6.18 Å². The number of piperidine rings is 1. The van der Waals surface area contributed by atoms with Gasteiger partial charge < -0.3 is 11.2 Å². The van der Waals surface area contributed by atoms with Gasteiger partial charge in [0.15, 0.2) is 5.82 Å². The van der Waals surface area contributed by atoms with Crippen LogP contribution in [0.15, 0.2) is 12.1 Å². The molecule has 1 aliphatic rings. The molecule has 0 saturated carbocycles. The predicted molar refractivity (Wildman–Crippen MR) is 66.8 cm³/mol. The van der Waals surface area contributed by atoms with E-state index >= 15 is 0 Å². The molecule has 0 bridgehead atoms. The van der Waals surface area contributed by atoms with E-state index in [1.807, 2.05) is 0 Å². The highest BCUT2D eigenvalue weighted by molar-refractivity contribution is 5.97. The summed E-state index contributed by atoms with van der Waals surface area (Å²) in [6.45, 7) is 1.38. The van der Waals surface area contributed by atoms with Gasteiger partial charge in [0, 0.05) is 13.1 Å². The van der Waals surface area contributed by atoms with Gasteiger partial charge in [-0.25, -0.2) is 9.99 Å². The number of pyridine rings is 1. The van der Waals surface area contributed by atoms with Crippen LogP contribution in [0.1, 0.15) is 35.3 Å². The van der Waals surface area contributed by atoms with Crippen molar-refractivity contribution in [2.75, 3.05) is 18.5 Å². The van der Waals surface area contributed by atoms with Crippen molar-refractivity contribution in [2.24, 2.45) is 5.73 Å². The number of hydrazine groups is 1. The smallest absolute Gasteiger partial charge is 0.365 e. The lowest BCUT2D eigenvalue weighted by Crippen LogP contribution is -2.36. The molecule has 1 fully saturated rings.